The first-order valence-electron chi connectivity index (χ1n) is 3.45. The Morgan fingerprint density at radius 3 is 2.30 bits per heavy atom. The molecule has 0 saturated heterocycles. The zero-order chi connectivity index (χ0) is 7.41. The molecule has 1 heteroatoms. The lowest BCUT2D eigenvalue weighted by Crippen LogP contribution is -2.60. The second-order valence-electron chi connectivity index (χ2n) is 3.64. The van der Waals surface area contributed by atoms with Crippen molar-refractivity contribution >= 4 is 11.6 Å². The number of terminal acetylenes is 1. The molecule has 0 amide bonds. The van der Waals surface area contributed by atoms with E-state index < -0.39 is 0 Å². The first-order chi connectivity index (χ1) is 4.63. The number of allylic oxidation sites excluding steroid dienone is 1. The maximum absolute atomic E-state index is 5.81. The van der Waals surface area contributed by atoms with Gasteiger partial charge in [0, 0.05) is 15.9 Å². The van der Waals surface area contributed by atoms with Crippen LogP contribution >= 0.6 is 11.6 Å². The van der Waals surface area contributed by atoms with Gasteiger partial charge in [0.05, 0.1) is 0 Å². The minimum Gasteiger partial charge on any atom is -0.120 e. The Labute approximate surface area is 66.3 Å². The molecule has 52 valence electrons. The van der Waals surface area contributed by atoms with Gasteiger partial charge in [-0.3, -0.25) is 0 Å². The van der Waals surface area contributed by atoms with Crippen molar-refractivity contribution in [1.29, 1.82) is 0 Å². The Bertz CT molecular complexity index is 224. The predicted molar refractivity (Wildman–Crippen MR) is 42.5 cm³/mol. The molecule has 0 spiro atoms. The van der Waals surface area contributed by atoms with E-state index in [1.807, 2.05) is 0 Å². The molecule has 3 aliphatic rings. The molecular formula is C9H9Cl. The van der Waals surface area contributed by atoms with Crippen LogP contribution in [0.4, 0.5) is 0 Å². The molecule has 0 heterocycles. The molecule has 0 aromatic carbocycles. The van der Waals surface area contributed by atoms with Gasteiger partial charge in [-0.25, -0.2) is 0 Å². The maximum Gasteiger partial charge on any atom is 0.0338 e. The van der Waals surface area contributed by atoms with Gasteiger partial charge < -0.3 is 0 Å². The van der Waals surface area contributed by atoms with Gasteiger partial charge in [0.1, 0.15) is 0 Å². The van der Waals surface area contributed by atoms with E-state index in [9.17, 15) is 0 Å². The summed E-state index contributed by atoms with van der Waals surface area (Å²) in [4.78, 5) is 0. The van der Waals surface area contributed by atoms with Crippen LogP contribution in [0, 0.1) is 23.2 Å². The monoisotopic (exact) mass is 152 g/mol. The molecule has 0 atom stereocenters. The Morgan fingerprint density at radius 2 is 2.00 bits per heavy atom. The van der Waals surface area contributed by atoms with Crippen LogP contribution in [0.5, 0.6) is 0 Å². The van der Waals surface area contributed by atoms with Gasteiger partial charge in [0.2, 0.25) is 0 Å². The lowest BCUT2D eigenvalue weighted by Gasteiger charge is -2.68. The van der Waals surface area contributed by atoms with E-state index in [0.717, 1.165) is 24.3 Å². The molecule has 0 aromatic rings. The minimum atomic E-state index is 0.234. The second kappa shape index (κ2) is 1.43. The van der Waals surface area contributed by atoms with E-state index in [-0.39, 0.29) is 10.8 Å². The third-order valence-electron chi connectivity index (χ3n) is 2.91. The second-order valence-corrected chi connectivity index (χ2v) is 4.10. The fourth-order valence-electron chi connectivity index (χ4n) is 2.23. The van der Waals surface area contributed by atoms with Crippen LogP contribution in [0.3, 0.4) is 0 Å². The summed E-state index contributed by atoms with van der Waals surface area (Å²) in [6.07, 6.45) is 8.59. The van der Waals surface area contributed by atoms with Crippen molar-refractivity contribution in [2.24, 2.45) is 10.8 Å². The molecule has 3 aliphatic carbocycles. The van der Waals surface area contributed by atoms with Gasteiger partial charge in [-0.05, 0) is 19.3 Å². The highest BCUT2D eigenvalue weighted by Gasteiger charge is 2.68. The molecule has 0 aromatic heterocycles. The third-order valence-corrected chi connectivity index (χ3v) is 3.31. The molecule has 0 unspecified atom stereocenters. The van der Waals surface area contributed by atoms with Crippen LogP contribution in [0.25, 0.3) is 0 Å². The molecule has 3 fully saturated rings. The van der Waals surface area contributed by atoms with E-state index in [1.165, 1.54) is 0 Å². The summed E-state index contributed by atoms with van der Waals surface area (Å²) in [5, 5.41) is 0.810. The molecule has 0 radical (unpaired) electrons. The average Bonchev–Trinajstić information content (AvgIpc) is 1.57. The van der Waals surface area contributed by atoms with Gasteiger partial charge in [-0.1, -0.05) is 24.1 Å². The van der Waals surface area contributed by atoms with Crippen molar-refractivity contribution in [3.8, 4) is 12.3 Å². The Hall–Kier alpha value is -0.410. The molecule has 10 heavy (non-hydrogen) atoms. The first-order valence-corrected chi connectivity index (χ1v) is 3.83. The van der Waals surface area contributed by atoms with Gasteiger partial charge >= 0.3 is 0 Å². The minimum absolute atomic E-state index is 0.234. The van der Waals surface area contributed by atoms with E-state index >= 15 is 0 Å². The lowest BCUT2D eigenvalue weighted by molar-refractivity contribution is -0.125. The van der Waals surface area contributed by atoms with Crippen molar-refractivity contribution in [2.45, 2.75) is 19.3 Å². The Kier molecular flexibility index (Phi) is 0.904. The molecule has 0 N–H and O–H groups in total. The third kappa shape index (κ3) is 0.466. The molecule has 3 saturated carbocycles. The number of hydrogen-bond acceptors (Lipinski definition) is 0. The van der Waals surface area contributed by atoms with Crippen molar-refractivity contribution < 1.29 is 0 Å². The molecule has 3 rings (SSSR count). The Balaban J connectivity index is 2.13. The predicted octanol–water partition coefficient (Wildman–Crippen LogP) is 2.54. The van der Waals surface area contributed by atoms with Gasteiger partial charge in [-0.15, -0.1) is 6.42 Å². The zero-order valence-electron chi connectivity index (χ0n) is 5.78. The summed E-state index contributed by atoms with van der Waals surface area (Å²) < 4.78 is 0. The summed E-state index contributed by atoms with van der Waals surface area (Å²) in [6, 6.07) is 0. The highest BCUT2D eigenvalue weighted by molar-refractivity contribution is 6.30. The van der Waals surface area contributed by atoms with E-state index in [1.54, 1.807) is 0 Å². The van der Waals surface area contributed by atoms with Crippen LogP contribution in [-0.2, 0) is 0 Å². The van der Waals surface area contributed by atoms with Crippen molar-refractivity contribution in [3.63, 3.8) is 0 Å². The summed E-state index contributed by atoms with van der Waals surface area (Å²) in [5.74, 6) is 2.82. The summed E-state index contributed by atoms with van der Waals surface area (Å²) >= 11 is 5.81. The van der Waals surface area contributed by atoms with Gasteiger partial charge in [0.25, 0.3) is 0 Å². The summed E-state index contributed by atoms with van der Waals surface area (Å²) in [5.41, 5.74) is 0.492. The standard InChI is InChI=1S/C9H9Cl/c1-3-8-4-9(5-8,6-8)7(2)10/h1H,2,4-6H2. The van der Waals surface area contributed by atoms with E-state index in [0.29, 0.717) is 0 Å². The number of halogens is 1. The topological polar surface area (TPSA) is 0 Å². The Morgan fingerprint density at radius 1 is 1.50 bits per heavy atom. The van der Waals surface area contributed by atoms with Crippen LogP contribution in [0.1, 0.15) is 19.3 Å². The van der Waals surface area contributed by atoms with Crippen molar-refractivity contribution in [3.05, 3.63) is 11.6 Å². The lowest BCUT2D eigenvalue weighted by atomic mass is 9.35. The van der Waals surface area contributed by atoms with Crippen LogP contribution in [0.2, 0.25) is 0 Å². The normalized spacial score (nSPS) is 48.4. The summed E-state index contributed by atoms with van der Waals surface area (Å²) in [7, 11) is 0. The van der Waals surface area contributed by atoms with Crippen LogP contribution in [-0.4, -0.2) is 0 Å². The van der Waals surface area contributed by atoms with Crippen LogP contribution < -0.4 is 0 Å². The zero-order valence-corrected chi connectivity index (χ0v) is 6.54. The largest absolute Gasteiger partial charge is 0.120 e. The van der Waals surface area contributed by atoms with E-state index in [2.05, 4.69) is 12.5 Å². The fraction of sp³-hybridized carbons (Fsp3) is 0.556. The highest BCUT2D eigenvalue weighted by atomic mass is 35.5. The van der Waals surface area contributed by atoms with Crippen LogP contribution in [0.15, 0.2) is 11.6 Å². The quantitative estimate of drug-likeness (QED) is 0.507. The SMILES string of the molecule is C#CC12CC(C(=C)Cl)(C1)C2. The van der Waals surface area contributed by atoms with Crippen molar-refractivity contribution in [1.82, 2.24) is 0 Å². The maximum atomic E-state index is 5.81. The average molecular weight is 153 g/mol. The number of rotatable bonds is 1. The van der Waals surface area contributed by atoms with Gasteiger partial charge in [0.15, 0.2) is 0 Å². The summed E-state index contributed by atoms with van der Waals surface area (Å²) in [6.45, 7) is 3.75. The fourth-order valence-corrected chi connectivity index (χ4v) is 2.43. The molecule has 2 bridgehead atoms. The van der Waals surface area contributed by atoms with Gasteiger partial charge in [-0.2, -0.15) is 0 Å². The first kappa shape index (κ1) is 6.31. The smallest absolute Gasteiger partial charge is 0.0338 e. The van der Waals surface area contributed by atoms with Crippen molar-refractivity contribution in [2.75, 3.05) is 0 Å². The number of hydrogen-bond donors (Lipinski definition) is 0. The molecule has 0 aliphatic heterocycles. The molecule has 0 nitrogen and oxygen atoms in total. The highest BCUT2D eigenvalue weighted by Crippen LogP contribution is 2.76. The molecular weight excluding hydrogens is 144 g/mol. The van der Waals surface area contributed by atoms with E-state index in [4.69, 9.17) is 18.0 Å².